The minimum Gasteiger partial charge on any atom is -0.481 e. The Balaban J connectivity index is 1.89. The molecule has 1 saturated heterocycles. The molecule has 0 radical (unpaired) electrons. The Morgan fingerprint density at radius 2 is 1.94 bits per heavy atom. The van der Waals surface area contributed by atoms with Crippen LogP contribution in [0.5, 0.6) is 0 Å². The summed E-state index contributed by atoms with van der Waals surface area (Å²) < 4.78 is 5.29. The Morgan fingerprint density at radius 3 is 2.50 bits per heavy atom. The van der Waals surface area contributed by atoms with Crippen molar-refractivity contribution in [3.8, 4) is 0 Å². The maximum Gasteiger partial charge on any atom is 0.311 e. The van der Waals surface area contributed by atoms with Gasteiger partial charge in [-0.3, -0.25) is 9.59 Å². The first kappa shape index (κ1) is 13.3. The summed E-state index contributed by atoms with van der Waals surface area (Å²) in [6.45, 7) is 0.864. The number of hydrogen-bond acceptors (Lipinski definition) is 3. The van der Waals surface area contributed by atoms with Crippen LogP contribution in [-0.2, 0) is 14.3 Å². The number of nitrogens with one attached hydrogen (secondary N) is 1. The van der Waals surface area contributed by atoms with Crippen LogP contribution < -0.4 is 5.32 Å². The van der Waals surface area contributed by atoms with E-state index in [1.165, 1.54) is 0 Å². The number of carbonyl (C=O) groups is 2. The topological polar surface area (TPSA) is 75.6 Å². The molecule has 1 heterocycles. The number of carboxylic acid groups (broad SMARTS) is 1. The molecule has 1 atom stereocenters. The van der Waals surface area contributed by atoms with Crippen molar-refractivity contribution in [2.75, 3.05) is 13.2 Å². The monoisotopic (exact) mass is 255 g/mol. The molecule has 1 saturated carbocycles. The second-order valence-corrected chi connectivity index (χ2v) is 5.37. The van der Waals surface area contributed by atoms with E-state index in [-0.39, 0.29) is 18.6 Å². The third-order valence-corrected chi connectivity index (χ3v) is 4.09. The first-order valence-corrected chi connectivity index (χ1v) is 6.77. The third kappa shape index (κ3) is 2.83. The van der Waals surface area contributed by atoms with Gasteiger partial charge in [0.15, 0.2) is 0 Å². The van der Waals surface area contributed by atoms with Crippen LogP contribution in [0.25, 0.3) is 0 Å². The van der Waals surface area contributed by atoms with Crippen LogP contribution in [0, 0.1) is 5.41 Å². The average Bonchev–Trinajstić information content (AvgIpc) is 2.91. The van der Waals surface area contributed by atoms with Crippen LogP contribution in [-0.4, -0.2) is 36.2 Å². The van der Waals surface area contributed by atoms with E-state index >= 15 is 0 Å². The maximum atomic E-state index is 11.8. The van der Waals surface area contributed by atoms with Crippen LogP contribution in [0.2, 0.25) is 0 Å². The van der Waals surface area contributed by atoms with E-state index in [1.807, 2.05) is 0 Å². The molecule has 1 aliphatic carbocycles. The van der Waals surface area contributed by atoms with Gasteiger partial charge in [-0.05, 0) is 25.7 Å². The highest BCUT2D eigenvalue weighted by molar-refractivity contribution is 5.82. The van der Waals surface area contributed by atoms with Crippen molar-refractivity contribution in [3.63, 3.8) is 0 Å². The van der Waals surface area contributed by atoms with Gasteiger partial charge in [-0.1, -0.05) is 19.3 Å². The lowest BCUT2D eigenvalue weighted by Gasteiger charge is -2.33. The van der Waals surface area contributed by atoms with Gasteiger partial charge in [-0.25, -0.2) is 0 Å². The van der Waals surface area contributed by atoms with Gasteiger partial charge in [0.25, 0.3) is 0 Å². The third-order valence-electron chi connectivity index (χ3n) is 4.09. The number of rotatable bonds is 4. The van der Waals surface area contributed by atoms with E-state index < -0.39 is 11.4 Å². The van der Waals surface area contributed by atoms with E-state index in [0.717, 1.165) is 32.1 Å². The second-order valence-electron chi connectivity index (χ2n) is 5.37. The van der Waals surface area contributed by atoms with Crippen molar-refractivity contribution < 1.29 is 19.4 Å². The van der Waals surface area contributed by atoms with Crippen LogP contribution in [0.4, 0.5) is 0 Å². The molecule has 1 amide bonds. The molecule has 2 fully saturated rings. The van der Waals surface area contributed by atoms with Gasteiger partial charge >= 0.3 is 5.97 Å². The number of ether oxygens (including phenoxy) is 1. The van der Waals surface area contributed by atoms with Crippen LogP contribution in [0.15, 0.2) is 0 Å². The van der Waals surface area contributed by atoms with Gasteiger partial charge in [-0.2, -0.15) is 0 Å². The maximum absolute atomic E-state index is 11.8. The van der Waals surface area contributed by atoms with Gasteiger partial charge < -0.3 is 15.2 Å². The Kier molecular flexibility index (Phi) is 4.22. The molecule has 1 unspecified atom stereocenters. The normalized spacial score (nSPS) is 26.8. The highest BCUT2D eigenvalue weighted by Gasteiger charge is 2.40. The van der Waals surface area contributed by atoms with Gasteiger partial charge in [0.1, 0.15) is 6.10 Å². The summed E-state index contributed by atoms with van der Waals surface area (Å²) >= 11 is 0. The van der Waals surface area contributed by atoms with Crippen molar-refractivity contribution in [2.24, 2.45) is 5.41 Å². The summed E-state index contributed by atoms with van der Waals surface area (Å²) in [5, 5.41) is 12.2. The summed E-state index contributed by atoms with van der Waals surface area (Å²) in [5.74, 6) is -0.937. The predicted molar refractivity (Wildman–Crippen MR) is 65.1 cm³/mol. The zero-order chi connectivity index (χ0) is 13.0. The van der Waals surface area contributed by atoms with Crippen LogP contribution in [0.3, 0.4) is 0 Å². The van der Waals surface area contributed by atoms with Crippen LogP contribution >= 0.6 is 0 Å². The summed E-state index contributed by atoms with van der Waals surface area (Å²) in [4.78, 5) is 23.3. The molecule has 0 bridgehead atoms. The molecule has 0 aromatic heterocycles. The number of aliphatic carboxylic acids is 1. The van der Waals surface area contributed by atoms with Crippen molar-refractivity contribution in [2.45, 2.75) is 51.0 Å². The summed E-state index contributed by atoms with van der Waals surface area (Å²) in [7, 11) is 0. The zero-order valence-corrected chi connectivity index (χ0v) is 10.6. The first-order valence-electron chi connectivity index (χ1n) is 6.77. The molecular formula is C13H21NO4. The van der Waals surface area contributed by atoms with Crippen molar-refractivity contribution >= 4 is 11.9 Å². The number of carboxylic acids is 1. The molecule has 102 valence electrons. The lowest BCUT2D eigenvalue weighted by Crippen LogP contribution is -2.46. The fourth-order valence-electron chi connectivity index (χ4n) is 2.85. The number of carbonyl (C=O) groups excluding carboxylic acids is 1. The molecule has 18 heavy (non-hydrogen) atoms. The number of amides is 1. The Labute approximate surface area is 107 Å². The van der Waals surface area contributed by atoms with Gasteiger partial charge in [0.05, 0.1) is 5.41 Å². The van der Waals surface area contributed by atoms with Gasteiger partial charge in [0.2, 0.25) is 5.91 Å². The minimum atomic E-state index is -0.783. The highest BCUT2D eigenvalue weighted by atomic mass is 16.5. The van der Waals surface area contributed by atoms with Crippen molar-refractivity contribution in [1.29, 1.82) is 0 Å². The average molecular weight is 255 g/mol. The zero-order valence-electron chi connectivity index (χ0n) is 10.6. The predicted octanol–water partition coefficient (Wildman–Crippen LogP) is 1.32. The molecule has 2 rings (SSSR count). The van der Waals surface area contributed by atoms with E-state index in [4.69, 9.17) is 4.74 Å². The number of hydrogen-bond donors (Lipinski definition) is 2. The Bertz CT molecular complexity index is 317. The fourth-order valence-corrected chi connectivity index (χ4v) is 2.85. The van der Waals surface area contributed by atoms with E-state index in [0.29, 0.717) is 19.4 Å². The van der Waals surface area contributed by atoms with E-state index in [2.05, 4.69) is 5.32 Å². The van der Waals surface area contributed by atoms with Gasteiger partial charge in [0, 0.05) is 13.2 Å². The van der Waals surface area contributed by atoms with Crippen LogP contribution in [0.1, 0.15) is 44.9 Å². The fraction of sp³-hybridized carbons (Fsp3) is 0.846. The molecular weight excluding hydrogens is 234 g/mol. The van der Waals surface area contributed by atoms with Crippen molar-refractivity contribution in [1.82, 2.24) is 5.32 Å². The van der Waals surface area contributed by atoms with E-state index in [9.17, 15) is 14.7 Å². The van der Waals surface area contributed by atoms with Crippen molar-refractivity contribution in [3.05, 3.63) is 0 Å². The lowest BCUT2D eigenvalue weighted by molar-refractivity contribution is -0.151. The molecule has 0 aromatic carbocycles. The lowest BCUT2D eigenvalue weighted by atomic mass is 9.74. The molecule has 2 aliphatic rings. The smallest absolute Gasteiger partial charge is 0.311 e. The Morgan fingerprint density at radius 1 is 1.22 bits per heavy atom. The summed E-state index contributed by atoms with van der Waals surface area (Å²) in [6.07, 6.45) is 5.55. The van der Waals surface area contributed by atoms with E-state index in [1.54, 1.807) is 0 Å². The molecule has 1 aliphatic heterocycles. The highest BCUT2D eigenvalue weighted by Crippen LogP contribution is 2.36. The second kappa shape index (κ2) is 5.69. The molecule has 0 aromatic rings. The quantitative estimate of drug-likeness (QED) is 0.794. The first-order chi connectivity index (χ1) is 8.64. The molecule has 2 N–H and O–H groups in total. The summed E-state index contributed by atoms with van der Waals surface area (Å²) in [5.41, 5.74) is -0.757. The van der Waals surface area contributed by atoms with Gasteiger partial charge in [-0.15, -0.1) is 0 Å². The molecule has 0 spiro atoms. The minimum absolute atomic E-state index is 0.154. The summed E-state index contributed by atoms with van der Waals surface area (Å²) in [6, 6.07) is 0. The Hall–Kier alpha value is -1.10. The SMILES string of the molecule is O=C(NCC1(C(=O)O)CCCCC1)C1CCCO1. The molecule has 5 heteroatoms. The standard InChI is InChI=1S/C13H21NO4/c15-11(10-5-4-8-18-10)14-9-13(12(16)17)6-2-1-3-7-13/h10H,1-9H2,(H,14,15)(H,16,17). The molecule has 5 nitrogen and oxygen atoms in total. The largest absolute Gasteiger partial charge is 0.481 e.